The molecular weight excluding hydrogens is 434 g/mol. The van der Waals surface area contributed by atoms with Crippen LogP contribution in [0.25, 0.3) is 0 Å². The van der Waals surface area contributed by atoms with Crippen molar-refractivity contribution in [1.29, 1.82) is 0 Å². The quantitative estimate of drug-likeness (QED) is 0.363. The Labute approximate surface area is 189 Å². The van der Waals surface area contributed by atoms with Crippen molar-refractivity contribution >= 4 is 38.9 Å². The Morgan fingerprint density at radius 3 is 2.26 bits per heavy atom. The van der Waals surface area contributed by atoms with Gasteiger partial charge in [0, 0.05) is 17.3 Å². The predicted molar refractivity (Wildman–Crippen MR) is 127 cm³/mol. The molecule has 0 saturated heterocycles. The lowest BCUT2D eigenvalue weighted by molar-refractivity contribution is 0.0977. The summed E-state index contributed by atoms with van der Waals surface area (Å²) in [7, 11) is -3.56. The number of sulfonamides is 1. The molecule has 168 valence electrons. The summed E-state index contributed by atoms with van der Waals surface area (Å²) in [4.78, 5) is 12.5. The average Bonchev–Trinajstić information content (AvgIpc) is 2.71. The van der Waals surface area contributed by atoms with E-state index in [-0.39, 0.29) is 22.0 Å². The Balaban J connectivity index is 1.88. The van der Waals surface area contributed by atoms with E-state index in [0.717, 1.165) is 25.0 Å². The van der Waals surface area contributed by atoms with Crippen LogP contribution in [-0.4, -0.2) is 32.1 Å². The molecule has 9 heteroatoms. The molecule has 0 atom stereocenters. The first-order valence-corrected chi connectivity index (χ1v) is 12.1. The molecule has 0 saturated carbocycles. The molecule has 0 radical (unpaired) electrons. The third-order valence-corrected chi connectivity index (χ3v) is 6.05. The summed E-state index contributed by atoms with van der Waals surface area (Å²) in [6, 6.07) is 12.8. The summed E-state index contributed by atoms with van der Waals surface area (Å²) in [5, 5.41) is 5.59. The largest absolute Gasteiger partial charge is 0.494 e. The molecule has 0 aliphatic carbocycles. The lowest BCUT2D eigenvalue weighted by Crippen LogP contribution is -2.34. The van der Waals surface area contributed by atoms with E-state index >= 15 is 0 Å². The van der Waals surface area contributed by atoms with Crippen molar-refractivity contribution in [2.45, 2.75) is 51.0 Å². The smallest absolute Gasteiger partial charge is 0.257 e. The van der Waals surface area contributed by atoms with E-state index in [4.69, 9.17) is 17.0 Å². The number of nitrogens with one attached hydrogen (secondary N) is 3. The molecule has 2 aromatic carbocycles. The van der Waals surface area contributed by atoms with Gasteiger partial charge >= 0.3 is 0 Å². The van der Waals surface area contributed by atoms with Gasteiger partial charge in [-0.25, -0.2) is 13.1 Å². The first-order chi connectivity index (χ1) is 14.7. The van der Waals surface area contributed by atoms with Crippen LogP contribution in [0.2, 0.25) is 0 Å². The Bertz CT molecular complexity index is 973. The zero-order valence-electron chi connectivity index (χ0n) is 18.0. The summed E-state index contributed by atoms with van der Waals surface area (Å²) in [6.07, 6.45) is 3.26. The highest BCUT2D eigenvalue weighted by atomic mass is 32.2. The molecule has 2 aromatic rings. The van der Waals surface area contributed by atoms with E-state index in [1.165, 1.54) is 12.1 Å². The van der Waals surface area contributed by atoms with E-state index < -0.39 is 10.0 Å². The van der Waals surface area contributed by atoms with E-state index in [9.17, 15) is 13.2 Å². The number of benzene rings is 2. The van der Waals surface area contributed by atoms with Gasteiger partial charge in [0.2, 0.25) is 10.0 Å². The van der Waals surface area contributed by atoms with Gasteiger partial charge in [0.1, 0.15) is 5.75 Å². The molecule has 3 N–H and O–H groups in total. The molecule has 7 nitrogen and oxygen atoms in total. The molecule has 0 fully saturated rings. The van der Waals surface area contributed by atoms with Crippen LogP contribution >= 0.6 is 12.2 Å². The van der Waals surface area contributed by atoms with Crippen LogP contribution in [0.15, 0.2) is 53.4 Å². The highest BCUT2D eigenvalue weighted by molar-refractivity contribution is 7.89. The highest BCUT2D eigenvalue weighted by Gasteiger charge is 2.15. The number of rotatable bonds is 10. The first kappa shape index (κ1) is 24.8. The second-order valence-corrected chi connectivity index (χ2v) is 9.41. The van der Waals surface area contributed by atoms with Crippen molar-refractivity contribution in [3.63, 3.8) is 0 Å². The van der Waals surface area contributed by atoms with Crippen molar-refractivity contribution in [1.82, 2.24) is 10.0 Å². The molecule has 0 spiro atoms. The molecule has 0 unspecified atom stereocenters. The number of carbonyl (C=O) groups excluding carboxylic acids is 1. The standard InChI is InChI=1S/C22H29N3O4S2/c1-4-5-6-15-29-19-11-7-17(8-12-19)21(26)24-22(30)23-18-9-13-20(14-10-18)31(27,28)25-16(2)3/h7-14,16,25H,4-6,15H2,1-3H3,(H2,23,24,26,30). The third-order valence-electron chi connectivity index (χ3n) is 4.17. The zero-order chi connectivity index (χ0) is 22.9. The fourth-order valence-electron chi connectivity index (χ4n) is 2.68. The van der Waals surface area contributed by atoms with Gasteiger partial charge in [0.25, 0.3) is 5.91 Å². The zero-order valence-corrected chi connectivity index (χ0v) is 19.6. The number of amides is 1. The summed E-state index contributed by atoms with van der Waals surface area (Å²) in [6.45, 7) is 6.30. The average molecular weight is 464 g/mol. The van der Waals surface area contributed by atoms with Crippen molar-refractivity contribution in [2.75, 3.05) is 11.9 Å². The van der Waals surface area contributed by atoms with E-state index in [0.29, 0.717) is 17.9 Å². The van der Waals surface area contributed by atoms with Gasteiger partial charge in [-0.3, -0.25) is 10.1 Å². The second kappa shape index (κ2) is 11.8. The number of thiocarbonyl (C=S) groups is 1. The minimum atomic E-state index is -3.56. The van der Waals surface area contributed by atoms with Gasteiger partial charge < -0.3 is 10.1 Å². The van der Waals surface area contributed by atoms with Crippen molar-refractivity contribution in [3.05, 3.63) is 54.1 Å². The van der Waals surface area contributed by atoms with E-state index in [2.05, 4.69) is 22.3 Å². The van der Waals surface area contributed by atoms with Crippen LogP contribution in [0.3, 0.4) is 0 Å². The SMILES string of the molecule is CCCCCOc1ccc(C(=O)NC(=S)Nc2ccc(S(=O)(=O)NC(C)C)cc2)cc1. The fourth-order valence-corrected chi connectivity index (χ4v) is 4.14. The number of unbranched alkanes of at least 4 members (excludes halogenated alkanes) is 2. The van der Waals surface area contributed by atoms with Crippen LogP contribution in [0.4, 0.5) is 5.69 Å². The van der Waals surface area contributed by atoms with Crippen LogP contribution in [0, 0.1) is 0 Å². The van der Waals surface area contributed by atoms with E-state index in [1.807, 2.05) is 0 Å². The monoisotopic (exact) mass is 463 g/mol. The fraction of sp³-hybridized carbons (Fsp3) is 0.364. The Morgan fingerprint density at radius 1 is 1.03 bits per heavy atom. The molecule has 1 amide bonds. The maximum absolute atomic E-state index is 12.4. The number of hydrogen-bond donors (Lipinski definition) is 3. The number of ether oxygens (including phenoxy) is 1. The normalized spacial score (nSPS) is 11.2. The molecule has 0 heterocycles. The minimum absolute atomic E-state index is 0.112. The third kappa shape index (κ3) is 8.28. The molecular formula is C22H29N3O4S2. The molecule has 0 aromatic heterocycles. The maximum Gasteiger partial charge on any atom is 0.257 e. The van der Waals surface area contributed by atoms with Crippen LogP contribution in [0.1, 0.15) is 50.4 Å². The Kier molecular flexibility index (Phi) is 9.42. The molecule has 0 aliphatic rings. The lowest BCUT2D eigenvalue weighted by Gasteiger charge is -2.12. The van der Waals surface area contributed by atoms with Crippen molar-refractivity contribution in [3.8, 4) is 5.75 Å². The van der Waals surface area contributed by atoms with Crippen molar-refractivity contribution < 1.29 is 17.9 Å². The molecule has 31 heavy (non-hydrogen) atoms. The van der Waals surface area contributed by atoms with Gasteiger partial charge in [-0.05, 0) is 81.0 Å². The van der Waals surface area contributed by atoms with Crippen molar-refractivity contribution in [2.24, 2.45) is 0 Å². The molecule has 2 rings (SSSR count). The van der Waals surface area contributed by atoms with Gasteiger partial charge in [0.05, 0.1) is 11.5 Å². The van der Waals surface area contributed by atoms with Gasteiger partial charge in [-0.2, -0.15) is 0 Å². The summed E-state index contributed by atoms with van der Waals surface area (Å²) in [5.41, 5.74) is 1.01. The topological polar surface area (TPSA) is 96.5 Å². The predicted octanol–water partition coefficient (Wildman–Crippen LogP) is 4.07. The Morgan fingerprint density at radius 2 is 1.68 bits per heavy atom. The van der Waals surface area contributed by atoms with Crippen LogP contribution in [-0.2, 0) is 10.0 Å². The molecule has 0 bridgehead atoms. The van der Waals surface area contributed by atoms with Gasteiger partial charge in [0.15, 0.2) is 5.11 Å². The summed E-state index contributed by atoms with van der Waals surface area (Å²) < 4.78 is 32.5. The minimum Gasteiger partial charge on any atom is -0.494 e. The Hall–Kier alpha value is -2.49. The molecule has 0 aliphatic heterocycles. The maximum atomic E-state index is 12.4. The first-order valence-electron chi connectivity index (χ1n) is 10.2. The number of anilines is 1. The van der Waals surface area contributed by atoms with Gasteiger partial charge in [-0.15, -0.1) is 0 Å². The van der Waals surface area contributed by atoms with Crippen LogP contribution in [0.5, 0.6) is 5.75 Å². The number of carbonyl (C=O) groups is 1. The van der Waals surface area contributed by atoms with Gasteiger partial charge in [-0.1, -0.05) is 19.8 Å². The van der Waals surface area contributed by atoms with E-state index in [1.54, 1.807) is 50.2 Å². The van der Waals surface area contributed by atoms with Crippen LogP contribution < -0.4 is 20.1 Å². The number of hydrogen-bond acceptors (Lipinski definition) is 5. The lowest BCUT2D eigenvalue weighted by atomic mass is 10.2. The second-order valence-electron chi connectivity index (χ2n) is 7.29. The highest BCUT2D eigenvalue weighted by Crippen LogP contribution is 2.15. The summed E-state index contributed by atoms with van der Waals surface area (Å²) >= 11 is 5.19. The summed E-state index contributed by atoms with van der Waals surface area (Å²) in [5.74, 6) is 0.366.